The molecule has 0 amide bonds. The van der Waals surface area contributed by atoms with E-state index in [1.165, 1.54) is 12.8 Å². The van der Waals surface area contributed by atoms with Gasteiger partial charge in [0.05, 0.1) is 6.61 Å². The van der Waals surface area contributed by atoms with Gasteiger partial charge < -0.3 is 10.1 Å². The van der Waals surface area contributed by atoms with E-state index in [0.717, 1.165) is 29.9 Å². The summed E-state index contributed by atoms with van der Waals surface area (Å²) in [5, 5.41) is 3.38. The zero-order valence-corrected chi connectivity index (χ0v) is 10.1. The highest BCUT2D eigenvalue weighted by Crippen LogP contribution is 2.36. The highest BCUT2D eigenvalue weighted by Gasteiger charge is 2.27. The normalized spacial score (nSPS) is 16.9. The maximum Gasteiger partial charge on any atom is 0.168 e. The Bertz CT molecular complexity index is 336. The fourth-order valence-corrected chi connectivity index (χ4v) is 1.88. The van der Waals surface area contributed by atoms with Gasteiger partial charge in [-0.15, -0.1) is 0 Å². The molecule has 1 heterocycles. The molecule has 16 heavy (non-hydrogen) atoms. The molecule has 2 rings (SSSR count). The lowest BCUT2D eigenvalue weighted by atomic mass is 10.1. The number of anilines is 1. The molecule has 1 aromatic rings. The van der Waals surface area contributed by atoms with Crippen LogP contribution in [0.15, 0.2) is 18.3 Å². The highest BCUT2D eigenvalue weighted by molar-refractivity contribution is 5.49. The number of hydrogen-bond acceptors (Lipinski definition) is 3. The molecule has 1 saturated carbocycles. The minimum atomic E-state index is 0.679. The van der Waals surface area contributed by atoms with Gasteiger partial charge in [0.2, 0.25) is 0 Å². The van der Waals surface area contributed by atoms with Crippen molar-refractivity contribution in [1.29, 1.82) is 0 Å². The number of nitrogens with zero attached hydrogens (tertiary/aromatic N) is 1. The first kappa shape index (κ1) is 11.2. The van der Waals surface area contributed by atoms with E-state index in [4.69, 9.17) is 4.74 Å². The van der Waals surface area contributed by atoms with Gasteiger partial charge in [0.1, 0.15) is 0 Å². The minimum absolute atomic E-state index is 0.679. The topological polar surface area (TPSA) is 34.1 Å². The van der Waals surface area contributed by atoms with Crippen LogP contribution in [0.25, 0.3) is 0 Å². The molecule has 1 fully saturated rings. The van der Waals surface area contributed by atoms with E-state index in [0.29, 0.717) is 6.61 Å². The Morgan fingerprint density at radius 2 is 2.38 bits per heavy atom. The van der Waals surface area contributed by atoms with Crippen LogP contribution in [0.5, 0.6) is 5.75 Å². The summed E-state index contributed by atoms with van der Waals surface area (Å²) < 4.78 is 5.52. The molecular formula is C13H20N2O. The molecule has 1 N–H and O–H groups in total. The van der Waals surface area contributed by atoms with Crippen molar-refractivity contribution in [1.82, 2.24) is 4.98 Å². The predicted molar refractivity (Wildman–Crippen MR) is 65.8 cm³/mol. The number of rotatable bonds is 6. The molecular weight excluding hydrogens is 200 g/mol. The van der Waals surface area contributed by atoms with Crippen molar-refractivity contribution < 1.29 is 4.74 Å². The highest BCUT2D eigenvalue weighted by atomic mass is 16.5. The summed E-state index contributed by atoms with van der Waals surface area (Å²) in [5.41, 5.74) is 0. The first-order valence-corrected chi connectivity index (χ1v) is 6.13. The largest absolute Gasteiger partial charge is 0.490 e. The van der Waals surface area contributed by atoms with Gasteiger partial charge in [-0.25, -0.2) is 4.98 Å². The standard InChI is InChI=1S/C13H20N2O/c1-3-16-12-5-4-8-14-13(12)15-9-10(2)11-6-7-11/h4-5,8,10-11H,3,6-7,9H2,1-2H3,(H,14,15). The summed E-state index contributed by atoms with van der Waals surface area (Å²) in [7, 11) is 0. The lowest BCUT2D eigenvalue weighted by molar-refractivity contribution is 0.340. The average Bonchev–Trinajstić information content (AvgIpc) is 3.12. The Hall–Kier alpha value is -1.25. The maximum atomic E-state index is 5.52. The van der Waals surface area contributed by atoms with Gasteiger partial charge >= 0.3 is 0 Å². The van der Waals surface area contributed by atoms with Crippen molar-refractivity contribution in [2.75, 3.05) is 18.5 Å². The Kier molecular flexibility index (Phi) is 3.65. The third-order valence-electron chi connectivity index (χ3n) is 3.09. The second-order valence-electron chi connectivity index (χ2n) is 4.48. The van der Waals surface area contributed by atoms with E-state index in [9.17, 15) is 0 Å². The first-order valence-electron chi connectivity index (χ1n) is 6.13. The van der Waals surface area contributed by atoms with E-state index in [1.54, 1.807) is 6.20 Å². The van der Waals surface area contributed by atoms with Crippen LogP contribution in [-0.4, -0.2) is 18.1 Å². The molecule has 1 aliphatic rings. The van der Waals surface area contributed by atoms with Crippen molar-refractivity contribution in [3.8, 4) is 5.75 Å². The third kappa shape index (κ3) is 2.87. The van der Waals surface area contributed by atoms with Crippen molar-refractivity contribution >= 4 is 5.82 Å². The van der Waals surface area contributed by atoms with Gasteiger partial charge in [0.15, 0.2) is 11.6 Å². The zero-order chi connectivity index (χ0) is 11.4. The molecule has 3 heteroatoms. The molecule has 1 atom stereocenters. The Balaban J connectivity index is 1.91. The van der Waals surface area contributed by atoms with Gasteiger partial charge in [0.25, 0.3) is 0 Å². The fraction of sp³-hybridized carbons (Fsp3) is 0.615. The molecule has 3 nitrogen and oxygen atoms in total. The van der Waals surface area contributed by atoms with Crippen molar-refractivity contribution in [3.63, 3.8) is 0 Å². The van der Waals surface area contributed by atoms with Crippen LogP contribution < -0.4 is 10.1 Å². The number of ether oxygens (including phenoxy) is 1. The lowest BCUT2D eigenvalue weighted by Gasteiger charge is -2.14. The van der Waals surface area contributed by atoms with Crippen molar-refractivity contribution in [2.24, 2.45) is 11.8 Å². The van der Waals surface area contributed by atoms with Crippen LogP contribution in [0.2, 0.25) is 0 Å². The van der Waals surface area contributed by atoms with Gasteiger partial charge in [-0.05, 0) is 43.7 Å². The van der Waals surface area contributed by atoms with Crippen LogP contribution in [0, 0.1) is 11.8 Å². The van der Waals surface area contributed by atoms with E-state index in [2.05, 4.69) is 17.2 Å². The summed E-state index contributed by atoms with van der Waals surface area (Å²) in [5.74, 6) is 3.38. The van der Waals surface area contributed by atoms with Crippen LogP contribution in [0.1, 0.15) is 26.7 Å². The SMILES string of the molecule is CCOc1cccnc1NCC(C)C1CC1. The summed E-state index contributed by atoms with van der Waals surface area (Å²) in [6, 6.07) is 3.86. The van der Waals surface area contributed by atoms with Gasteiger partial charge in [-0.2, -0.15) is 0 Å². The van der Waals surface area contributed by atoms with E-state index in [-0.39, 0.29) is 0 Å². The molecule has 0 radical (unpaired) electrons. The van der Waals surface area contributed by atoms with E-state index in [1.807, 2.05) is 19.1 Å². The van der Waals surface area contributed by atoms with E-state index < -0.39 is 0 Å². The smallest absolute Gasteiger partial charge is 0.168 e. The second-order valence-corrected chi connectivity index (χ2v) is 4.48. The molecule has 0 aliphatic heterocycles. The number of pyridine rings is 1. The maximum absolute atomic E-state index is 5.52. The molecule has 1 unspecified atom stereocenters. The van der Waals surface area contributed by atoms with Gasteiger partial charge in [0, 0.05) is 12.7 Å². The zero-order valence-electron chi connectivity index (χ0n) is 10.1. The summed E-state index contributed by atoms with van der Waals surface area (Å²) in [4.78, 5) is 4.31. The van der Waals surface area contributed by atoms with Crippen LogP contribution >= 0.6 is 0 Å². The number of hydrogen-bond donors (Lipinski definition) is 1. The summed E-state index contributed by atoms with van der Waals surface area (Å²) >= 11 is 0. The summed E-state index contributed by atoms with van der Waals surface area (Å²) in [6.07, 6.45) is 4.58. The minimum Gasteiger partial charge on any atom is -0.490 e. The predicted octanol–water partition coefficient (Wildman–Crippen LogP) is 2.94. The summed E-state index contributed by atoms with van der Waals surface area (Å²) in [6.45, 7) is 5.96. The van der Waals surface area contributed by atoms with Gasteiger partial charge in [-0.3, -0.25) is 0 Å². The number of aromatic nitrogens is 1. The number of nitrogens with one attached hydrogen (secondary N) is 1. The molecule has 0 aromatic carbocycles. The molecule has 1 aromatic heterocycles. The fourth-order valence-electron chi connectivity index (χ4n) is 1.88. The molecule has 0 bridgehead atoms. The third-order valence-corrected chi connectivity index (χ3v) is 3.09. The van der Waals surface area contributed by atoms with Crippen molar-refractivity contribution in [3.05, 3.63) is 18.3 Å². The van der Waals surface area contributed by atoms with Crippen LogP contribution in [0.4, 0.5) is 5.82 Å². The van der Waals surface area contributed by atoms with Crippen LogP contribution in [0.3, 0.4) is 0 Å². The van der Waals surface area contributed by atoms with Crippen LogP contribution in [-0.2, 0) is 0 Å². The first-order chi connectivity index (χ1) is 7.81. The molecule has 1 aliphatic carbocycles. The Morgan fingerprint density at radius 1 is 1.56 bits per heavy atom. The van der Waals surface area contributed by atoms with Crippen molar-refractivity contribution in [2.45, 2.75) is 26.7 Å². The Morgan fingerprint density at radius 3 is 3.06 bits per heavy atom. The molecule has 0 saturated heterocycles. The molecule has 88 valence electrons. The average molecular weight is 220 g/mol. The Labute approximate surface area is 97.2 Å². The second kappa shape index (κ2) is 5.19. The lowest BCUT2D eigenvalue weighted by Crippen LogP contribution is -2.14. The molecule has 0 spiro atoms. The van der Waals surface area contributed by atoms with Gasteiger partial charge in [-0.1, -0.05) is 6.92 Å². The monoisotopic (exact) mass is 220 g/mol. The quantitative estimate of drug-likeness (QED) is 0.800. The van der Waals surface area contributed by atoms with E-state index >= 15 is 0 Å².